The first-order valence-electron chi connectivity index (χ1n) is 10.1. The van der Waals surface area contributed by atoms with E-state index in [0.29, 0.717) is 0 Å². The molecule has 0 bridgehead atoms. The molecule has 30 heavy (non-hydrogen) atoms. The Morgan fingerprint density at radius 1 is 1.07 bits per heavy atom. The minimum atomic E-state index is -1.54. The molecule has 0 aliphatic carbocycles. The molecule has 1 aromatic rings. The molecule has 1 rings (SSSR count). The van der Waals surface area contributed by atoms with Crippen molar-refractivity contribution in [3.63, 3.8) is 0 Å². The zero-order valence-electron chi connectivity index (χ0n) is 17.8. The average Bonchev–Trinajstić information content (AvgIpc) is 2.71. The molecule has 0 aliphatic heterocycles. The van der Waals surface area contributed by atoms with Crippen LogP contribution in [0.25, 0.3) is 0 Å². The van der Waals surface area contributed by atoms with E-state index in [4.69, 9.17) is 14.6 Å². The van der Waals surface area contributed by atoms with Crippen LogP contribution in [0.15, 0.2) is 36.4 Å². The number of hydrogen-bond donors (Lipinski definition) is 1. The van der Waals surface area contributed by atoms with Crippen molar-refractivity contribution in [2.75, 3.05) is 6.61 Å². The Kier molecular flexibility index (Phi) is 10.5. The Morgan fingerprint density at radius 3 is 2.23 bits per heavy atom. The molecule has 0 saturated carbocycles. The van der Waals surface area contributed by atoms with Crippen LogP contribution in [-0.2, 0) is 28.7 Å². The van der Waals surface area contributed by atoms with Gasteiger partial charge in [0.05, 0.1) is 13.0 Å². The molecule has 2 unspecified atom stereocenters. The molecule has 0 spiro atoms. The molecule has 1 aromatic carbocycles. The average molecular weight is 418 g/mol. The van der Waals surface area contributed by atoms with Crippen LogP contribution in [0.5, 0.6) is 0 Å². The number of unbranched alkanes of at least 4 members (excludes halogenated alkanes) is 1. The molecule has 0 aliphatic rings. The molecule has 1 N–H and O–H groups in total. The number of esters is 2. The lowest BCUT2D eigenvalue weighted by molar-refractivity contribution is -0.164. The van der Waals surface area contributed by atoms with E-state index in [0.717, 1.165) is 31.2 Å². The van der Waals surface area contributed by atoms with Crippen molar-refractivity contribution in [2.24, 2.45) is 5.92 Å². The number of ketones is 1. The fourth-order valence-electron chi connectivity index (χ4n) is 2.73. The number of benzene rings is 1. The third-order valence-electron chi connectivity index (χ3n) is 4.69. The van der Waals surface area contributed by atoms with Crippen LogP contribution in [0.1, 0.15) is 63.2 Å². The summed E-state index contributed by atoms with van der Waals surface area (Å²) in [6, 6.07) is 6.54. The standard InChI is InChI=1S/C23H30O7/c1-5-7-8-17(6-2)14-29-23(28)20(26)21(18-11-9-15(3)10-12-18)30-22(27)16(4)13-19(24)25/h9-12,17,21H,4-8,13-14H2,1-3H3,(H,24,25). The first-order valence-corrected chi connectivity index (χ1v) is 10.1. The van der Waals surface area contributed by atoms with E-state index < -0.39 is 36.2 Å². The lowest BCUT2D eigenvalue weighted by Gasteiger charge is -2.19. The number of aliphatic carboxylic acids is 1. The van der Waals surface area contributed by atoms with Gasteiger partial charge in [0.2, 0.25) is 0 Å². The van der Waals surface area contributed by atoms with Crippen molar-refractivity contribution in [1.82, 2.24) is 0 Å². The summed E-state index contributed by atoms with van der Waals surface area (Å²) in [5.74, 6) is -4.28. The maximum absolute atomic E-state index is 12.7. The van der Waals surface area contributed by atoms with Crippen LogP contribution < -0.4 is 0 Å². The number of Topliss-reactive ketones (excluding diaryl/α,β-unsaturated/α-hetero) is 1. The Balaban J connectivity index is 2.94. The third kappa shape index (κ3) is 8.19. The van der Waals surface area contributed by atoms with Gasteiger partial charge in [-0.15, -0.1) is 0 Å². The van der Waals surface area contributed by atoms with Gasteiger partial charge < -0.3 is 14.6 Å². The highest BCUT2D eigenvalue weighted by Crippen LogP contribution is 2.22. The number of hydrogen-bond acceptors (Lipinski definition) is 6. The van der Waals surface area contributed by atoms with E-state index in [9.17, 15) is 19.2 Å². The van der Waals surface area contributed by atoms with Gasteiger partial charge in [0, 0.05) is 11.1 Å². The summed E-state index contributed by atoms with van der Waals surface area (Å²) in [6.07, 6.45) is 1.56. The van der Waals surface area contributed by atoms with E-state index in [1.165, 1.54) is 0 Å². The molecule has 0 aromatic heterocycles. The van der Waals surface area contributed by atoms with Crippen molar-refractivity contribution in [2.45, 2.75) is 59.0 Å². The lowest BCUT2D eigenvalue weighted by Crippen LogP contribution is -2.30. The minimum Gasteiger partial charge on any atom is -0.481 e. The Labute approximate surface area is 177 Å². The van der Waals surface area contributed by atoms with Crippen molar-refractivity contribution in [3.05, 3.63) is 47.5 Å². The maximum Gasteiger partial charge on any atom is 0.379 e. The van der Waals surface area contributed by atoms with Crippen molar-refractivity contribution < 1.29 is 33.8 Å². The van der Waals surface area contributed by atoms with Gasteiger partial charge in [-0.05, 0) is 19.3 Å². The zero-order valence-corrected chi connectivity index (χ0v) is 17.8. The first-order chi connectivity index (χ1) is 14.2. The summed E-state index contributed by atoms with van der Waals surface area (Å²) < 4.78 is 10.4. The summed E-state index contributed by atoms with van der Waals surface area (Å²) in [5.41, 5.74) is 0.874. The SMILES string of the molecule is C=C(CC(=O)O)C(=O)OC(C(=O)C(=O)OCC(CC)CCCC)c1ccc(C)cc1. The van der Waals surface area contributed by atoms with Gasteiger partial charge in [-0.1, -0.05) is 69.5 Å². The van der Waals surface area contributed by atoms with Crippen LogP contribution in [-0.4, -0.2) is 35.4 Å². The molecule has 7 heteroatoms. The highest BCUT2D eigenvalue weighted by Gasteiger charge is 2.33. The van der Waals surface area contributed by atoms with E-state index in [1.54, 1.807) is 24.3 Å². The summed E-state index contributed by atoms with van der Waals surface area (Å²) in [7, 11) is 0. The molecular formula is C23H30O7. The van der Waals surface area contributed by atoms with Crippen molar-refractivity contribution in [1.29, 1.82) is 0 Å². The second kappa shape index (κ2) is 12.6. The number of ether oxygens (including phenoxy) is 2. The van der Waals surface area contributed by atoms with Gasteiger partial charge >= 0.3 is 17.9 Å². The Bertz CT molecular complexity index is 764. The number of carbonyl (C=O) groups is 4. The smallest absolute Gasteiger partial charge is 0.379 e. The Hall–Kier alpha value is -2.96. The second-order valence-electron chi connectivity index (χ2n) is 7.25. The number of carboxylic acids is 1. The van der Waals surface area contributed by atoms with Crippen LogP contribution in [0, 0.1) is 12.8 Å². The summed E-state index contributed by atoms with van der Waals surface area (Å²) in [4.78, 5) is 48.1. The zero-order chi connectivity index (χ0) is 22.7. The van der Waals surface area contributed by atoms with E-state index >= 15 is 0 Å². The van der Waals surface area contributed by atoms with Gasteiger partial charge in [0.25, 0.3) is 5.78 Å². The minimum absolute atomic E-state index is 0.112. The van der Waals surface area contributed by atoms with Gasteiger partial charge in [-0.25, -0.2) is 9.59 Å². The normalized spacial score (nSPS) is 12.5. The van der Waals surface area contributed by atoms with E-state index in [1.807, 2.05) is 13.8 Å². The monoisotopic (exact) mass is 418 g/mol. The molecule has 0 fully saturated rings. The highest BCUT2D eigenvalue weighted by atomic mass is 16.6. The second-order valence-corrected chi connectivity index (χ2v) is 7.25. The number of rotatable bonds is 13. The highest BCUT2D eigenvalue weighted by molar-refractivity contribution is 6.35. The molecule has 0 radical (unpaired) electrons. The largest absolute Gasteiger partial charge is 0.481 e. The summed E-state index contributed by atoms with van der Waals surface area (Å²) in [6.45, 7) is 9.39. The first kappa shape index (κ1) is 25.1. The fourth-order valence-corrected chi connectivity index (χ4v) is 2.73. The molecule has 0 saturated heterocycles. The molecular weight excluding hydrogens is 388 g/mol. The number of carboxylic acid groups (broad SMARTS) is 1. The molecule has 7 nitrogen and oxygen atoms in total. The van der Waals surface area contributed by atoms with Crippen LogP contribution in [0.4, 0.5) is 0 Å². The maximum atomic E-state index is 12.7. The van der Waals surface area contributed by atoms with Crippen LogP contribution in [0.2, 0.25) is 0 Å². The fraction of sp³-hybridized carbons (Fsp3) is 0.478. The van der Waals surface area contributed by atoms with Gasteiger partial charge in [0.15, 0.2) is 6.10 Å². The van der Waals surface area contributed by atoms with Crippen molar-refractivity contribution in [3.8, 4) is 0 Å². The number of aryl methyl sites for hydroxylation is 1. The van der Waals surface area contributed by atoms with Crippen molar-refractivity contribution >= 4 is 23.7 Å². The third-order valence-corrected chi connectivity index (χ3v) is 4.69. The molecule has 0 amide bonds. The quantitative estimate of drug-likeness (QED) is 0.294. The molecule has 0 heterocycles. The van der Waals surface area contributed by atoms with E-state index in [-0.39, 0.29) is 23.7 Å². The predicted octanol–water partition coefficient (Wildman–Crippen LogP) is 3.94. The van der Waals surface area contributed by atoms with Crippen LogP contribution >= 0.6 is 0 Å². The number of carbonyl (C=O) groups excluding carboxylic acids is 3. The Morgan fingerprint density at radius 2 is 1.70 bits per heavy atom. The van der Waals surface area contributed by atoms with Gasteiger partial charge in [0.1, 0.15) is 0 Å². The molecule has 2 atom stereocenters. The van der Waals surface area contributed by atoms with Gasteiger partial charge in [-0.3, -0.25) is 9.59 Å². The van der Waals surface area contributed by atoms with E-state index in [2.05, 4.69) is 13.5 Å². The topological polar surface area (TPSA) is 107 Å². The summed E-state index contributed by atoms with van der Waals surface area (Å²) in [5, 5.41) is 8.81. The molecule has 164 valence electrons. The summed E-state index contributed by atoms with van der Waals surface area (Å²) >= 11 is 0. The van der Waals surface area contributed by atoms with Gasteiger partial charge in [-0.2, -0.15) is 0 Å². The van der Waals surface area contributed by atoms with Crippen LogP contribution in [0.3, 0.4) is 0 Å². The predicted molar refractivity (Wildman–Crippen MR) is 111 cm³/mol. The lowest BCUT2D eigenvalue weighted by atomic mass is 10.0.